The number of hydrazine groups is 1. The quantitative estimate of drug-likeness (QED) is 0.638. The van der Waals surface area contributed by atoms with Crippen molar-refractivity contribution in [3.05, 3.63) is 21.9 Å². The summed E-state index contributed by atoms with van der Waals surface area (Å²) in [6, 6.07) is 5.12. The normalized spacial score (nSPS) is 24.6. The summed E-state index contributed by atoms with van der Waals surface area (Å²) < 4.78 is 0. The van der Waals surface area contributed by atoms with E-state index in [2.05, 4.69) is 36.4 Å². The predicted octanol–water partition coefficient (Wildman–Crippen LogP) is 1.61. The number of thiophene rings is 1. The highest BCUT2D eigenvalue weighted by Gasteiger charge is 2.29. The molecular weight excluding hydrogens is 238 g/mol. The van der Waals surface area contributed by atoms with Crippen LogP contribution in [-0.2, 0) is 0 Å². The summed E-state index contributed by atoms with van der Waals surface area (Å²) in [7, 11) is 2.19. The molecule has 0 amide bonds. The first-order chi connectivity index (χ1) is 7.72. The fourth-order valence-corrected chi connectivity index (χ4v) is 4.33. The molecule has 1 aliphatic rings. The highest BCUT2D eigenvalue weighted by atomic mass is 32.2. The van der Waals surface area contributed by atoms with Crippen LogP contribution in [0, 0.1) is 6.92 Å². The third kappa shape index (κ3) is 2.60. The molecule has 0 bridgehead atoms. The van der Waals surface area contributed by atoms with E-state index in [1.54, 1.807) is 0 Å². The zero-order valence-corrected chi connectivity index (χ0v) is 11.4. The Labute approximate surface area is 105 Å². The SMILES string of the molecule is Cc1ccc(C(NN)C2CSCCN2C)s1. The van der Waals surface area contributed by atoms with E-state index in [9.17, 15) is 0 Å². The van der Waals surface area contributed by atoms with Gasteiger partial charge >= 0.3 is 0 Å². The lowest BCUT2D eigenvalue weighted by molar-refractivity contribution is 0.218. The minimum Gasteiger partial charge on any atom is -0.300 e. The van der Waals surface area contributed by atoms with Crippen molar-refractivity contribution < 1.29 is 0 Å². The van der Waals surface area contributed by atoms with Crippen LogP contribution in [0.25, 0.3) is 0 Å². The highest BCUT2D eigenvalue weighted by molar-refractivity contribution is 7.99. The van der Waals surface area contributed by atoms with Gasteiger partial charge in [0.15, 0.2) is 0 Å². The van der Waals surface area contributed by atoms with Gasteiger partial charge in [-0.25, -0.2) is 0 Å². The Morgan fingerprint density at radius 1 is 1.56 bits per heavy atom. The fraction of sp³-hybridized carbons (Fsp3) is 0.636. The molecule has 0 aliphatic carbocycles. The minimum absolute atomic E-state index is 0.261. The molecule has 5 heteroatoms. The van der Waals surface area contributed by atoms with Crippen LogP contribution in [-0.4, -0.2) is 36.0 Å². The molecule has 2 heterocycles. The molecule has 3 N–H and O–H groups in total. The van der Waals surface area contributed by atoms with Crippen molar-refractivity contribution in [2.75, 3.05) is 25.1 Å². The van der Waals surface area contributed by atoms with Gasteiger partial charge in [0, 0.05) is 33.8 Å². The van der Waals surface area contributed by atoms with Crippen LogP contribution in [0.4, 0.5) is 0 Å². The van der Waals surface area contributed by atoms with Gasteiger partial charge in [-0.1, -0.05) is 0 Å². The van der Waals surface area contributed by atoms with Gasteiger partial charge in [0.1, 0.15) is 0 Å². The number of hydrogen-bond donors (Lipinski definition) is 2. The van der Waals surface area contributed by atoms with Gasteiger partial charge in [-0.2, -0.15) is 11.8 Å². The Bertz CT molecular complexity index is 340. The second-order valence-corrected chi connectivity index (χ2v) is 6.68. The molecule has 0 radical (unpaired) electrons. The van der Waals surface area contributed by atoms with Crippen LogP contribution in [0.5, 0.6) is 0 Å². The molecule has 0 aromatic carbocycles. The first-order valence-electron chi connectivity index (χ1n) is 5.53. The smallest absolute Gasteiger partial charge is 0.0716 e. The molecule has 2 rings (SSSR count). The number of thioether (sulfide) groups is 1. The van der Waals surface area contributed by atoms with Crippen molar-refractivity contribution in [2.24, 2.45) is 5.84 Å². The van der Waals surface area contributed by atoms with Crippen molar-refractivity contribution in [3.63, 3.8) is 0 Å². The van der Waals surface area contributed by atoms with Crippen LogP contribution in [0.15, 0.2) is 12.1 Å². The lowest BCUT2D eigenvalue weighted by Gasteiger charge is -2.37. The molecule has 0 saturated carbocycles. The maximum absolute atomic E-state index is 5.73. The summed E-state index contributed by atoms with van der Waals surface area (Å²) in [5.74, 6) is 8.11. The van der Waals surface area contributed by atoms with E-state index in [0.29, 0.717) is 6.04 Å². The standard InChI is InChI=1S/C11H19N3S2/c1-8-3-4-10(16-8)11(13-12)9-7-15-6-5-14(9)2/h3-4,9,11,13H,5-7,12H2,1-2H3. The molecule has 1 aromatic heterocycles. The summed E-state index contributed by atoms with van der Waals surface area (Å²) in [5.41, 5.74) is 2.99. The Balaban J connectivity index is 2.14. The maximum Gasteiger partial charge on any atom is 0.0716 e. The number of likely N-dealkylation sites (N-methyl/N-ethyl adjacent to an activating group) is 1. The first kappa shape index (κ1) is 12.4. The Morgan fingerprint density at radius 3 is 2.94 bits per heavy atom. The van der Waals surface area contributed by atoms with Crippen LogP contribution in [0.3, 0.4) is 0 Å². The van der Waals surface area contributed by atoms with E-state index in [-0.39, 0.29) is 6.04 Å². The molecule has 3 nitrogen and oxygen atoms in total. The number of nitrogens with two attached hydrogens (primary N) is 1. The zero-order valence-electron chi connectivity index (χ0n) is 9.77. The van der Waals surface area contributed by atoms with Gasteiger partial charge in [0.2, 0.25) is 0 Å². The van der Waals surface area contributed by atoms with E-state index in [1.807, 2.05) is 23.1 Å². The third-order valence-electron chi connectivity index (χ3n) is 3.08. The largest absolute Gasteiger partial charge is 0.300 e. The molecule has 0 spiro atoms. The fourth-order valence-electron chi connectivity index (χ4n) is 2.06. The van der Waals surface area contributed by atoms with Gasteiger partial charge < -0.3 is 0 Å². The molecule has 1 aliphatic heterocycles. The third-order valence-corrected chi connectivity index (χ3v) is 5.21. The predicted molar refractivity (Wildman–Crippen MR) is 72.9 cm³/mol. The number of rotatable bonds is 3. The van der Waals surface area contributed by atoms with Crippen LogP contribution in [0.2, 0.25) is 0 Å². The number of aryl methyl sites for hydroxylation is 1. The summed E-state index contributed by atoms with van der Waals surface area (Å²) in [4.78, 5) is 5.11. The average molecular weight is 257 g/mol. The van der Waals surface area contributed by atoms with E-state index < -0.39 is 0 Å². The molecule has 90 valence electrons. The minimum atomic E-state index is 0.261. The van der Waals surface area contributed by atoms with E-state index in [4.69, 9.17) is 5.84 Å². The number of nitrogens with zero attached hydrogens (tertiary/aromatic N) is 1. The second-order valence-electron chi connectivity index (χ2n) is 4.22. The van der Waals surface area contributed by atoms with E-state index in [0.717, 1.165) is 12.3 Å². The Morgan fingerprint density at radius 2 is 2.38 bits per heavy atom. The number of hydrogen-bond acceptors (Lipinski definition) is 5. The summed E-state index contributed by atoms with van der Waals surface area (Å²) in [5, 5.41) is 0. The van der Waals surface area contributed by atoms with Gasteiger partial charge in [-0.05, 0) is 26.1 Å². The van der Waals surface area contributed by atoms with E-state index in [1.165, 1.54) is 15.5 Å². The highest BCUT2D eigenvalue weighted by Crippen LogP contribution is 2.30. The van der Waals surface area contributed by atoms with Crippen LogP contribution < -0.4 is 11.3 Å². The first-order valence-corrected chi connectivity index (χ1v) is 7.50. The lowest BCUT2D eigenvalue weighted by Crippen LogP contribution is -2.49. The number of nitrogens with one attached hydrogen (secondary N) is 1. The van der Waals surface area contributed by atoms with Crippen molar-refractivity contribution in [2.45, 2.75) is 19.0 Å². The van der Waals surface area contributed by atoms with Gasteiger partial charge in [0.25, 0.3) is 0 Å². The van der Waals surface area contributed by atoms with E-state index >= 15 is 0 Å². The van der Waals surface area contributed by atoms with Crippen molar-refractivity contribution >= 4 is 23.1 Å². The molecule has 2 unspecified atom stereocenters. The van der Waals surface area contributed by atoms with Crippen molar-refractivity contribution in [1.82, 2.24) is 10.3 Å². The van der Waals surface area contributed by atoms with Gasteiger partial charge in [-0.15, -0.1) is 11.3 Å². The summed E-state index contributed by atoms with van der Waals surface area (Å²) >= 11 is 3.86. The summed E-state index contributed by atoms with van der Waals surface area (Å²) in [6.07, 6.45) is 0. The van der Waals surface area contributed by atoms with Crippen LogP contribution in [0.1, 0.15) is 15.8 Å². The Hall–Kier alpha value is -0.0700. The van der Waals surface area contributed by atoms with Gasteiger partial charge in [-0.3, -0.25) is 16.2 Å². The molecule has 2 atom stereocenters. The van der Waals surface area contributed by atoms with Gasteiger partial charge in [0.05, 0.1) is 6.04 Å². The summed E-state index contributed by atoms with van der Waals surface area (Å²) in [6.45, 7) is 3.29. The Kier molecular flexibility index (Phi) is 4.27. The van der Waals surface area contributed by atoms with Crippen molar-refractivity contribution in [1.29, 1.82) is 0 Å². The van der Waals surface area contributed by atoms with Crippen molar-refractivity contribution in [3.8, 4) is 0 Å². The topological polar surface area (TPSA) is 41.3 Å². The molecule has 1 fully saturated rings. The average Bonchev–Trinajstić information content (AvgIpc) is 2.69. The van der Waals surface area contributed by atoms with Crippen LogP contribution >= 0.6 is 23.1 Å². The molecule has 16 heavy (non-hydrogen) atoms. The molecular formula is C11H19N3S2. The maximum atomic E-state index is 5.73. The molecule has 1 saturated heterocycles. The lowest BCUT2D eigenvalue weighted by atomic mass is 10.1. The molecule has 1 aromatic rings. The second kappa shape index (κ2) is 5.51. The monoisotopic (exact) mass is 257 g/mol. The zero-order chi connectivity index (χ0) is 11.5.